The summed E-state index contributed by atoms with van der Waals surface area (Å²) < 4.78 is 0. The fourth-order valence-corrected chi connectivity index (χ4v) is 4.13. The van der Waals surface area contributed by atoms with Crippen molar-refractivity contribution >= 4 is 11.8 Å². The van der Waals surface area contributed by atoms with Gasteiger partial charge in [-0.25, -0.2) is 0 Å². The van der Waals surface area contributed by atoms with Crippen LogP contribution in [0.1, 0.15) is 39.5 Å². The minimum absolute atomic E-state index is 0.686. The molecule has 15 heavy (non-hydrogen) atoms. The Bertz CT molecular complexity index is 195. The predicted molar refractivity (Wildman–Crippen MR) is 69.4 cm³/mol. The molecule has 2 atom stereocenters. The zero-order chi connectivity index (χ0) is 10.7. The second-order valence-corrected chi connectivity index (χ2v) is 6.79. The zero-order valence-corrected chi connectivity index (χ0v) is 11.0. The highest BCUT2D eigenvalue weighted by Crippen LogP contribution is 2.61. The summed E-state index contributed by atoms with van der Waals surface area (Å²) in [6, 6.07) is 0. The van der Waals surface area contributed by atoms with Crippen LogP contribution in [0, 0.1) is 17.3 Å². The number of thioether (sulfide) groups is 1. The van der Waals surface area contributed by atoms with Crippen LogP contribution in [0.5, 0.6) is 0 Å². The maximum absolute atomic E-state index is 3.59. The molecule has 0 aromatic heterocycles. The summed E-state index contributed by atoms with van der Waals surface area (Å²) in [5.74, 6) is 4.90. The summed E-state index contributed by atoms with van der Waals surface area (Å²) >= 11 is 2.12. The van der Waals surface area contributed by atoms with Crippen LogP contribution in [-0.2, 0) is 0 Å². The third-order valence-corrected chi connectivity index (χ3v) is 5.09. The Morgan fingerprint density at radius 2 is 2.00 bits per heavy atom. The standard InChI is InChI=1S/C13H25NS/c1-3-14-10-13(5-6-15-4-2)8-11-7-12(11)9-13/h11-12,14H,3-10H2,1-2H3. The molecule has 0 bridgehead atoms. The Morgan fingerprint density at radius 1 is 1.27 bits per heavy atom. The van der Waals surface area contributed by atoms with Crippen molar-refractivity contribution in [2.24, 2.45) is 17.3 Å². The monoisotopic (exact) mass is 227 g/mol. The average Bonchev–Trinajstić information content (AvgIpc) is 2.85. The third kappa shape index (κ3) is 2.91. The van der Waals surface area contributed by atoms with Gasteiger partial charge < -0.3 is 5.32 Å². The van der Waals surface area contributed by atoms with E-state index in [9.17, 15) is 0 Å². The first kappa shape index (κ1) is 11.8. The summed E-state index contributed by atoms with van der Waals surface area (Å²) in [5.41, 5.74) is 0.686. The summed E-state index contributed by atoms with van der Waals surface area (Å²) in [6.45, 7) is 6.91. The maximum Gasteiger partial charge on any atom is 0.000820 e. The summed E-state index contributed by atoms with van der Waals surface area (Å²) in [7, 11) is 0. The first-order chi connectivity index (χ1) is 7.29. The van der Waals surface area contributed by atoms with Gasteiger partial charge in [-0.1, -0.05) is 13.8 Å². The molecule has 2 rings (SSSR count). The lowest BCUT2D eigenvalue weighted by Gasteiger charge is -2.31. The van der Waals surface area contributed by atoms with Gasteiger partial charge in [0, 0.05) is 6.54 Å². The number of rotatable bonds is 7. The van der Waals surface area contributed by atoms with E-state index in [1.807, 2.05) is 0 Å². The van der Waals surface area contributed by atoms with Gasteiger partial charge in [0.1, 0.15) is 0 Å². The molecule has 0 amide bonds. The van der Waals surface area contributed by atoms with Crippen LogP contribution in [0.2, 0.25) is 0 Å². The topological polar surface area (TPSA) is 12.0 Å². The molecule has 0 aromatic rings. The Balaban J connectivity index is 1.79. The molecule has 2 heteroatoms. The fraction of sp³-hybridized carbons (Fsp3) is 1.00. The van der Waals surface area contributed by atoms with Crippen LogP contribution in [0.4, 0.5) is 0 Å². The van der Waals surface area contributed by atoms with E-state index in [1.165, 1.54) is 37.3 Å². The second-order valence-electron chi connectivity index (χ2n) is 5.39. The first-order valence-electron chi connectivity index (χ1n) is 6.58. The first-order valence-corrected chi connectivity index (χ1v) is 7.73. The molecular weight excluding hydrogens is 202 g/mol. The average molecular weight is 227 g/mol. The number of fused-ring (bicyclic) bond motifs is 1. The molecule has 0 radical (unpaired) electrons. The second kappa shape index (κ2) is 5.09. The number of hydrogen-bond donors (Lipinski definition) is 1. The van der Waals surface area contributed by atoms with Crippen molar-refractivity contribution in [3.05, 3.63) is 0 Å². The third-order valence-electron chi connectivity index (χ3n) is 4.19. The van der Waals surface area contributed by atoms with E-state index >= 15 is 0 Å². The molecule has 0 heterocycles. The van der Waals surface area contributed by atoms with Gasteiger partial charge in [-0.05, 0) is 61.0 Å². The largest absolute Gasteiger partial charge is 0.316 e. The smallest absolute Gasteiger partial charge is 0.000820 e. The summed E-state index contributed by atoms with van der Waals surface area (Å²) in [5, 5.41) is 3.59. The molecule has 2 saturated carbocycles. The molecule has 0 aromatic carbocycles. The Labute approximate surface area is 98.8 Å². The molecule has 2 fully saturated rings. The summed E-state index contributed by atoms with van der Waals surface area (Å²) in [6.07, 6.45) is 6.05. The van der Waals surface area contributed by atoms with Gasteiger partial charge in [0.15, 0.2) is 0 Å². The van der Waals surface area contributed by atoms with Crippen molar-refractivity contribution in [1.29, 1.82) is 0 Å². The van der Waals surface area contributed by atoms with E-state index in [-0.39, 0.29) is 0 Å². The highest BCUT2D eigenvalue weighted by Gasteiger charge is 2.52. The Morgan fingerprint density at radius 3 is 2.60 bits per heavy atom. The van der Waals surface area contributed by atoms with Gasteiger partial charge in [-0.3, -0.25) is 0 Å². The van der Waals surface area contributed by atoms with E-state index in [0.717, 1.165) is 18.4 Å². The van der Waals surface area contributed by atoms with Crippen LogP contribution in [0.25, 0.3) is 0 Å². The van der Waals surface area contributed by atoms with Crippen molar-refractivity contribution in [1.82, 2.24) is 5.32 Å². The van der Waals surface area contributed by atoms with Crippen molar-refractivity contribution in [2.45, 2.75) is 39.5 Å². The van der Waals surface area contributed by atoms with Crippen molar-refractivity contribution in [3.63, 3.8) is 0 Å². The zero-order valence-electron chi connectivity index (χ0n) is 10.2. The van der Waals surface area contributed by atoms with Crippen molar-refractivity contribution < 1.29 is 0 Å². The highest BCUT2D eigenvalue weighted by atomic mass is 32.2. The normalized spacial score (nSPS) is 38.0. The molecule has 1 nitrogen and oxygen atoms in total. The minimum Gasteiger partial charge on any atom is -0.316 e. The number of nitrogens with one attached hydrogen (secondary N) is 1. The Hall–Kier alpha value is 0.310. The van der Waals surface area contributed by atoms with Crippen LogP contribution in [0.15, 0.2) is 0 Å². The number of hydrogen-bond acceptors (Lipinski definition) is 2. The predicted octanol–water partition coefficient (Wildman–Crippen LogP) is 3.16. The lowest BCUT2D eigenvalue weighted by molar-refractivity contribution is 0.245. The van der Waals surface area contributed by atoms with Gasteiger partial charge in [0.05, 0.1) is 0 Å². The quantitative estimate of drug-likeness (QED) is 0.671. The molecule has 0 aliphatic heterocycles. The van der Waals surface area contributed by atoms with Gasteiger partial charge >= 0.3 is 0 Å². The molecule has 2 unspecified atom stereocenters. The SMILES string of the molecule is CCNCC1(CCSCC)CC2CC2C1. The van der Waals surface area contributed by atoms with Crippen LogP contribution in [-0.4, -0.2) is 24.6 Å². The molecule has 88 valence electrons. The lowest BCUT2D eigenvalue weighted by atomic mass is 9.80. The van der Waals surface area contributed by atoms with Gasteiger partial charge in [-0.15, -0.1) is 0 Å². The Kier molecular flexibility index (Phi) is 4.00. The molecule has 0 spiro atoms. The van der Waals surface area contributed by atoms with Crippen LogP contribution >= 0.6 is 11.8 Å². The molecule has 0 saturated heterocycles. The molecular formula is C13H25NS. The minimum atomic E-state index is 0.686. The summed E-state index contributed by atoms with van der Waals surface area (Å²) in [4.78, 5) is 0. The van der Waals surface area contributed by atoms with E-state index in [0.29, 0.717) is 5.41 Å². The van der Waals surface area contributed by atoms with E-state index in [1.54, 1.807) is 6.42 Å². The fourth-order valence-electron chi connectivity index (χ4n) is 3.27. The van der Waals surface area contributed by atoms with Crippen LogP contribution in [0.3, 0.4) is 0 Å². The van der Waals surface area contributed by atoms with Gasteiger partial charge in [0.2, 0.25) is 0 Å². The van der Waals surface area contributed by atoms with Gasteiger partial charge in [-0.2, -0.15) is 11.8 Å². The van der Waals surface area contributed by atoms with Crippen molar-refractivity contribution in [2.75, 3.05) is 24.6 Å². The van der Waals surface area contributed by atoms with E-state index < -0.39 is 0 Å². The van der Waals surface area contributed by atoms with Gasteiger partial charge in [0.25, 0.3) is 0 Å². The molecule has 2 aliphatic rings. The maximum atomic E-state index is 3.59. The van der Waals surface area contributed by atoms with Crippen molar-refractivity contribution in [3.8, 4) is 0 Å². The highest BCUT2D eigenvalue weighted by molar-refractivity contribution is 7.99. The van der Waals surface area contributed by atoms with Crippen LogP contribution < -0.4 is 5.32 Å². The molecule has 2 aliphatic carbocycles. The molecule has 1 N–H and O–H groups in total. The van der Waals surface area contributed by atoms with E-state index in [2.05, 4.69) is 30.9 Å². The lowest BCUT2D eigenvalue weighted by Crippen LogP contribution is -2.33. The van der Waals surface area contributed by atoms with E-state index in [4.69, 9.17) is 0 Å².